The second-order valence-corrected chi connectivity index (χ2v) is 7.61. The third-order valence-electron chi connectivity index (χ3n) is 4.42. The highest BCUT2D eigenvalue weighted by Gasteiger charge is 2.24. The van der Waals surface area contributed by atoms with Gasteiger partial charge in [-0.15, -0.1) is 11.8 Å². The zero-order valence-corrected chi connectivity index (χ0v) is 15.3. The third kappa shape index (κ3) is 5.44. The van der Waals surface area contributed by atoms with Crippen molar-refractivity contribution in [3.05, 3.63) is 29.8 Å². The van der Waals surface area contributed by atoms with Gasteiger partial charge < -0.3 is 16.0 Å². The Morgan fingerprint density at radius 1 is 1.29 bits per heavy atom. The fourth-order valence-corrected chi connectivity index (χ4v) is 3.67. The molecule has 5 nitrogen and oxygen atoms in total. The van der Waals surface area contributed by atoms with Crippen LogP contribution in [0.4, 0.5) is 4.79 Å². The van der Waals surface area contributed by atoms with Crippen molar-refractivity contribution in [1.29, 1.82) is 0 Å². The van der Waals surface area contributed by atoms with Gasteiger partial charge in [0.1, 0.15) is 0 Å². The Hall–Kier alpha value is -1.69. The quantitative estimate of drug-likeness (QED) is 0.775. The molecule has 0 bridgehead atoms. The Bertz CT molecular complexity index is 554. The van der Waals surface area contributed by atoms with Gasteiger partial charge in [0.2, 0.25) is 5.91 Å². The summed E-state index contributed by atoms with van der Waals surface area (Å²) in [5.74, 6) is 1.11. The van der Waals surface area contributed by atoms with Crippen molar-refractivity contribution in [3.8, 4) is 0 Å². The first-order valence-corrected chi connectivity index (χ1v) is 9.54. The van der Waals surface area contributed by atoms with Crippen LogP contribution in [0.3, 0.4) is 0 Å². The molecule has 1 unspecified atom stereocenters. The number of benzene rings is 1. The molecule has 2 rings (SSSR count). The van der Waals surface area contributed by atoms with Gasteiger partial charge in [-0.05, 0) is 49.1 Å². The van der Waals surface area contributed by atoms with Gasteiger partial charge >= 0.3 is 6.03 Å². The van der Waals surface area contributed by atoms with Crippen LogP contribution < -0.4 is 11.1 Å². The maximum Gasteiger partial charge on any atom is 0.317 e. The average molecular weight is 350 g/mol. The Morgan fingerprint density at radius 3 is 2.46 bits per heavy atom. The van der Waals surface area contributed by atoms with Crippen molar-refractivity contribution in [2.24, 2.45) is 11.7 Å². The molecule has 0 radical (unpaired) electrons. The topological polar surface area (TPSA) is 75.4 Å². The van der Waals surface area contributed by atoms with Crippen molar-refractivity contribution in [2.75, 3.05) is 18.8 Å². The van der Waals surface area contributed by atoms with E-state index in [1.54, 1.807) is 0 Å². The summed E-state index contributed by atoms with van der Waals surface area (Å²) in [6.07, 6.45) is 2.11. The second-order valence-electron chi connectivity index (χ2n) is 6.27. The van der Waals surface area contributed by atoms with E-state index in [0.717, 1.165) is 24.2 Å². The molecular weight excluding hydrogens is 322 g/mol. The van der Waals surface area contributed by atoms with Crippen LogP contribution in [0.15, 0.2) is 29.2 Å². The van der Waals surface area contributed by atoms with Gasteiger partial charge in [-0.1, -0.05) is 19.1 Å². The number of hydrogen-bond acceptors (Lipinski definition) is 3. The first kappa shape index (κ1) is 18.6. The zero-order chi connectivity index (χ0) is 17.5. The number of nitrogens with zero attached hydrogens (tertiary/aromatic N) is 1. The molecule has 1 atom stereocenters. The van der Waals surface area contributed by atoms with Gasteiger partial charge in [0.25, 0.3) is 0 Å². The number of carbonyl (C=O) groups excluding carboxylic acids is 2. The number of thioether (sulfide) groups is 1. The molecule has 1 aliphatic heterocycles. The molecule has 1 aromatic carbocycles. The maximum absolute atomic E-state index is 12.4. The van der Waals surface area contributed by atoms with Crippen LogP contribution in [0.2, 0.25) is 0 Å². The Morgan fingerprint density at radius 2 is 1.92 bits per heavy atom. The van der Waals surface area contributed by atoms with Crippen LogP contribution in [-0.4, -0.2) is 35.7 Å². The highest BCUT2D eigenvalue weighted by Crippen LogP contribution is 2.22. The van der Waals surface area contributed by atoms with Crippen LogP contribution >= 0.6 is 11.8 Å². The summed E-state index contributed by atoms with van der Waals surface area (Å²) in [7, 11) is 0. The molecule has 0 saturated carbocycles. The lowest BCUT2D eigenvalue weighted by Gasteiger charge is -2.32. The van der Waals surface area contributed by atoms with Gasteiger partial charge in [-0.2, -0.15) is 0 Å². The van der Waals surface area contributed by atoms with Crippen molar-refractivity contribution in [1.82, 2.24) is 10.2 Å². The number of rotatable bonds is 6. The number of piperidine rings is 1. The van der Waals surface area contributed by atoms with Crippen LogP contribution in [0.25, 0.3) is 0 Å². The SMILES string of the molecule is CCSc1ccc(C(C)NC(=O)N2CCC(CC(N)=O)CC2)cc1. The number of primary amides is 1. The molecule has 0 spiro atoms. The van der Waals surface area contributed by atoms with E-state index in [1.807, 2.05) is 23.6 Å². The highest BCUT2D eigenvalue weighted by molar-refractivity contribution is 7.99. The van der Waals surface area contributed by atoms with E-state index in [1.165, 1.54) is 4.90 Å². The molecule has 1 aliphatic rings. The highest BCUT2D eigenvalue weighted by atomic mass is 32.2. The van der Waals surface area contributed by atoms with Crippen LogP contribution in [0, 0.1) is 5.92 Å². The zero-order valence-electron chi connectivity index (χ0n) is 14.5. The standard InChI is InChI=1S/C18H27N3O2S/c1-3-24-16-6-4-15(5-7-16)13(2)20-18(23)21-10-8-14(9-11-21)12-17(19)22/h4-7,13-14H,3,8-12H2,1-2H3,(H2,19,22)(H,20,23). The van der Waals surface area contributed by atoms with Crippen molar-refractivity contribution in [3.63, 3.8) is 0 Å². The first-order valence-electron chi connectivity index (χ1n) is 8.56. The fraction of sp³-hybridized carbons (Fsp3) is 0.556. The minimum Gasteiger partial charge on any atom is -0.370 e. The second kappa shape index (κ2) is 8.97. The molecule has 0 aromatic heterocycles. The maximum atomic E-state index is 12.4. The number of carbonyl (C=O) groups is 2. The molecule has 1 saturated heterocycles. The number of likely N-dealkylation sites (tertiary alicyclic amines) is 1. The molecule has 3 N–H and O–H groups in total. The molecule has 0 aliphatic carbocycles. The number of urea groups is 1. The Labute approximate surface area is 148 Å². The van der Waals surface area contributed by atoms with Crippen LogP contribution in [0.1, 0.15) is 44.7 Å². The summed E-state index contributed by atoms with van der Waals surface area (Å²) in [6, 6.07) is 8.28. The number of nitrogens with two attached hydrogens (primary N) is 1. The van der Waals surface area contributed by atoms with Crippen molar-refractivity contribution < 1.29 is 9.59 Å². The molecular formula is C18H27N3O2S. The fourth-order valence-electron chi connectivity index (χ4n) is 3.00. The predicted octanol–water partition coefficient (Wildman–Crippen LogP) is 3.16. The molecule has 6 heteroatoms. The summed E-state index contributed by atoms with van der Waals surface area (Å²) in [4.78, 5) is 26.5. The lowest BCUT2D eigenvalue weighted by molar-refractivity contribution is -0.119. The first-order chi connectivity index (χ1) is 11.5. The van der Waals surface area contributed by atoms with E-state index in [9.17, 15) is 9.59 Å². The molecule has 132 valence electrons. The van der Waals surface area contributed by atoms with E-state index in [-0.39, 0.29) is 18.0 Å². The predicted molar refractivity (Wildman–Crippen MR) is 97.9 cm³/mol. The average Bonchev–Trinajstić information content (AvgIpc) is 2.56. The van der Waals surface area contributed by atoms with Gasteiger partial charge in [0.15, 0.2) is 0 Å². The minimum atomic E-state index is -0.254. The summed E-state index contributed by atoms with van der Waals surface area (Å²) in [5, 5.41) is 3.06. The normalized spacial score (nSPS) is 16.7. The number of amides is 3. The smallest absolute Gasteiger partial charge is 0.317 e. The summed E-state index contributed by atoms with van der Waals surface area (Å²) >= 11 is 1.81. The van der Waals surface area contributed by atoms with Gasteiger partial charge in [0.05, 0.1) is 6.04 Å². The van der Waals surface area contributed by atoms with Crippen LogP contribution in [0.5, 0.6) is 0 Å². The van der Waals surface area contributed by atoms with E-state index in [4.69, 9.17) is 5.73 Å². The van der Waals surface area contributed by atoms with E-state index >= 15 is 0 Å². The molecule has 3 amide bonds. The molecule has 1 aromatic rings. The van der Waals surface area contributed by atoms with E-state index in [0.29, 0.717) is 25.4 Å². The molecule has 24 heavy (non-hydrogen) atoms. The summed E-state index contributed by atoms with van der Waals surface area (Å²) in [6.45, 7) is 5.50. The Balaban J connectivity index is 1.82. The van der Waals surface area contributed by atoms with Gasteiger partial charge in [-0.3, -0.25) is 4.79 Å². The van der Waals surface area contributed by atoms with E-state index < -0.39 is 0 Å². The number of hydrogen-bond donors (Lipinski definition) is 2. The number of nitrogens with one attached hydrogen (secondary N) is 1. The summed E-state index contributed by atoms with van der Waals surface area (Å²) < 4.78 is 0. The van der Waals surface area contributed by atoms with Crippen molar-refractivity contribution in [2.45, 2.75) is 44.0 Å². The van der Waals surface area contributed by atoms with Crippen molar-refractivity contribution >= 4 is 23.7 Å². The largest absolute Gasteiger partial charge is 0.370 e. The summed E-state index contributed by atoms with van der Waals surface area (Å²) in [5.41, 5.74) is 6.35. The van der Waals surface area contributed by atoms with Gasteiger partial charge in [-0.25, -0.2) is 4.79 Å². The third-order valence-corrected chi connectivity index (χ3v) is 5.32. The molecule has 1 fully saturated rings. The minimum absolute atomic E-state index is 0.0264. The monoisotopic (exact) mass is 349 g/mol. The van der Waals surface area contributed by atoms with E-state index in [2.05, 4.69) is 36.5 Å². The van der Waals surface area contributed by atoms with Crippen LogP contribution in [-0.2, 0) is 4.79 Å². The lowest BCUT2D eigenvalue weighted by atomic mass is 9.93. The van der Waals surface area contributed by atoms with Gasteiger partial charge in [0, 0.05) is 24.4 Å². The Kier molecular flexibility index (Phi) is 6.97. The molecule has 1 heterocycles. The lowest BCUT2D eigenvalue weighted by Crippen LogP contribution is -2.45.